The van der Waals surface area contributed by atoms with Crippen molar-refractivity contribution >= 4 is 27.4 Å². The molecule has 1 fully saturated rings. The fourth-order valence-electron chi connectivity index (χ4n) is 5.15. The van der Waals surface area contributed by atoms with Crippen LogP contribution in [0.5, 0.6) is 5.75 Å². The number of rotatable bonds is 7. The Bertz CT molecular complexity index is 1240. The quantitative estimate of drug-likeness (QED) is 0.515. The number of nitrogens with two attached hydrogens (primary N) is 3. The lowest BCUT2D eigenvalue weighted by Gasteiger charge is -2.37. The fourth-order valence-corrected chi connectivity index (χ4v) is 6.36. The Morgan fingerprint density at radius 3 is 2.54 bits per heavy atom. The van der Waals surface area contributed by atoms with Crippen LogP contribution < -0.4 is 26.2 Å². The monoisotopic (exact) mass is 502 g/mol. The molecule has 2 aliphatic rings. The van der Waals surface area contributed by atoms with E-state index >= 15 is 0 Å². The highest BCUT2D eigenvalue weighted by atomic mass is 32.2. The zero-order valence-corrected chi connectivity index (χ0v) is 21.3. The van der Waals surface area contributed by atoms with Gasteiger partial charge in [0.25, 0.3) is 0 Å². The van der Waals surface area contributed by atoms with Crippen LogP contribution in [0.1, 0.15) is 57.1 Å². The normalized spacial score (nSPS) is 21.0. The molecule has 6 N–H and O–H groups in total. The van der Waals surface area contributed by atoms with E-state index in [4.69, 9.17) is 21.9 Å². The Kier molecular flexibility index (Phi) is 6.67. The summed E-state index contributed by atoms with van der Waals surface area (Å²) in [5, 5.41) is 0. The summed E-state index contributed by atoms with van der Waals surface area (Å²) in [5.74, 6) is -0.173. The first-order chi connectivity index (χ1) is 16.4. The first-order valence-electron chi connectivity index (χ1n) is 11.8. The number of anilines is 2. The number of sulfonamides is 1. The average Bonchev–Trinajstić information content (AvgIpc) is 2.78. The van der Waals surface area contributed by atoms with Gasteiger partial charge in [-0.05, 0) is 55.2 Å². The maximum absolute atomic E-state index is 13.3. The van der Waals surface area contributed by atoms with E-state index in [1.807, 2.05) is 19.9 Å². The van der Waals surface area contributed by atoms with Crippen LogP contribution >= 0.6 is 0 Å². The first-order valence-corrected chi connectivity index (χ1v) is 13.5. The third kappa shape index (κ3) is 4.92. The number of carbonyl (C=O) groups excluding carboxylic acids is 1. The van der Waals surface area contributed by atoms with Gasteiger partial charge in [-0.2, -0.15) is 0 Å². The van der Waals surface area contributed by atoms with Crippen LogP contribution in [0.2, 0.25) is 0 Å². The molecule has 0 spiro atoms. The highest BCUT2D eigenvalue weighted by molar-refractivity contribution is 7.92. The summed E-state index contributed by atoms with van der Waals surface area (Å²) in [4.78, 5) is 20.0. The van der Waals surface area contributed by atoms with E-state index in [1.54, 1.807) is 6.07 Å². The number of aromatic nitrogens is 2. The van der Waals surface area contributed by atoms with Crippen molar-refractivity contribution in [2.45, 2.75) is 69.9 Å². The van der Waals surface area contributed by atoms with Crippen LogP contribution in [0.3, 0.4) is 0 Å². The van der Waals surface area contributed by atoms with Crippen molar-refractivity contribution in [2.75, 3.05) is 22.8 Å². The summed E-state index contributed by atoms with van der Waals surface area (Å²) in [6.45, 7) is 4.08. The minimum atomic E-state index is -3.86. The van der Waals surface area contributed by atoms with Crippen LogP contribution in [0.15, 0.2) is 18.5 Å². The number of benzene rings is 1. The molecule has 4 rings (SSSR count). The Morgan fingerprint density at radius 2 is 1.89 bits per heavy atom. The van der Waals surface area contributed by atoms with Gasteiger partial charge >= 0.3 is 0 Å². The summed E-state index contributed by atoms with van der Waals surface area (Å²) >= 11 is 0. The van der Waals surface area contributed by atoms with E-state index in [-0.39, 0.29) is 18.6 Å². The largest absolute Gasteiger partial charge is 0.488 e. The average molecular weight is 503 g/mol. The van der Waals surface area contributed by atoms with Crippen molar-refractivity contribution < 1.29 is 17.9 Å². The van der Waals surface area contributed by atoms with Gasteiger partial charge in [0.2, 0.25) is 15.9 Å². The number of fused-ring (bicyclic) bond motifs is 3. The van der Waals surface area contributed by atoms with E-state index in [0.717, 1.165) is 42.4 Å². The van der Waals surface area contributed by atoms with Crippen LogP contribution in [-0.2, 0) is 26.7 Å². The molecule has 1 aromatic heterocycles. The smallest absolute Gasteiger partial charge is 0.235 e. The lowest BCUT2D eigenvalue weighted by Crippen LogP contribution is -2.35. The Morgan fingerprint density at radius 1 is 1.20 bits per heavy atom. The molecule has 0 bridgehead atoms. The maximum Gasteiger partial charge on any atom is 0.235 e. The summed E-state index contributed by atoms with van der Waals surface area (Å²) in [5.41, 5.74) is 20.7. The molecule has 1 saturated carbocycles. The van der Waals surface area contributed by atoms with Gasteiger partial charge in [0.1, 0.15) is 17.9 Å². The van der Waals surface area contributed by atoms with E-state index < -0.39 is 27.1 Å². The van der Waals surface area contributed by atoms with Gasteiger partial charge in [-0.25, -0.2) is 18.4 Å². The number of primary amides is 1. The molecular weight excluding hydrogens is 468 g/mol. The molecule has 0 aliphatic heterocycles. The van der Waals surface area contributed by atoms with Crippen molar-refractivity contribution in [3.8, 4) is 17.0 Å². The molecular formula is C24H34N6O4S. The summed E-state index contributed by atoms with van der Waals surface area (Å²) in [6, 6.07) is 3.87. The van der Waals surface area contributed by atoms with Gasteiger partial charge in [0.05, 0.1) is 23.2 Å². The molecule has 2 aliphatic carbocycles. The Hall–Kier alpha value is -2.92. The van der Waals surface area contributed by atoms with Gasteiger partial charge < -0.3 is 21.9 Å². The van der Waals surface area contributed by atoms with Crippen LogP contribution in [0.25, 0.3) is 11.3 Å². The summed E-state index contributed by atoms with van der Waals surface area (Å²) in [6.07, 6.45) is 4.91. The SMILES string of the molecule is CN(c1c(O[C@H]2CC[C@H](N)CC2)ccc2c1CC(C)(C)c1c(N)ncnc1-2)S(=O)(=O)CCC(N)=O. The molecule has 1 heterocycles. The number of hydrogen-bond acceptors (Lipinski definition) is 8. The molecule has 0 atom stereocenters. The number of nitrogens with zero attached hydrogens (tertiary/aromatic N) is 3. The van der Waals surface area contributed by atoms with Gasteiger partial charge in [0, 0.05) is 30.6 Å². The second-order valence-electron chi connectivity index (χ2n) is 10.1. The van der Waals surface area contributed by atoms with Gasteiger partial charge in [0.15, 0.2) is 0 Å². The van der Waals surface area contributed by atoms with Crippen molar-refractivity contribution in [1.82, 2.24) is 9.97 Å². The number of carbonyl (C=O) groups is 1. The zero-order chi connectivity index (χ0) is 25.5. The number of hydrogen-bond donors (Lipinski definition) is 3. The molecule has 11 heteroatoms. The second kappa shape index (κ2) is 9.27. The summed E-state index contributed by atoms with van der Waals surface area (Å²) < 4.78 is 34.2. The molecule has 1 aromatic carbocycles. The van der Waals surface area contributed by atoms with Gasteiger partial charge in [-0.1, -0.05) is 13.8 Å². The predicted molar refractivity (Wildman–Crippen MR) is 135 cm³/mol. The van der Waals surface area contributed by atoms with Crippen molar-refractivity contribution in [2.24, 2.45) is 11.5 Å². The van der Waals surface area contributed by atoms with E-state index in [9.17, 15) is 13.2 Å². The highest BCUT2D eigenvalue weighted by Crippen LogP contribution is 2.50. The highest BCUT2D eigenvalue weighted by Gasteiger charge is 2.38. The molecule has 10 nitrogen and oxygen atoms in total. The number of amides is 1. The molecule has 0 unspecified atom stereocenters. The van der Waals surface area contributed by atoms with Crippen molar-refractivity contribution in [3.05, 3.63) is 29.6 Å². The van der Waals surface area contributed by atoms with Crippen molar-refractivity contribution in [1.29, 1.82) is 0 Å². The molecule has 190 valence electrons. The molecule has 0 saturated heterocycles. The fraction of sp³-hybridized carbons (Fsp3) is 0.542. The van der Waals surface area contributed by atoms with E-state index in [0.29, 0.717) is 29.4 Å². The Balaban J connectivity index is 1.86. The third-order valence-electron chi connectivity index (χ3n) is 7.02. The molecule has 1 amide bonds. The topological polar surface area (TPSA) is 168 Å². The molecule has 0 radical (unpaired) electrons. The van der Waals surface area contributed by atoms with Crippen molar-refractivity contribution in [3.63, 3.8) is 0 Å². The zero-order valence-electron chi connectivity index (χ0n) is 20.5. The van der Waals surface area contributed by atoms with Gasteiger partial charge in [-0.3, -0.25) is 9.10 Å². The third-order valence-corrected chi connectivity index (χ3v) is 8.76. The maximum atomic E-state index is 13.3. The molecule has 2 aromatic rings. The minimum Gasteiger partial charge on any atom is -0.488 e. The first kappa shape index (κ1) is 25.2. The lowest BCUT2D eigenvalue weighted by molar-refractivity contribution is -0.117. The Labute approximate surface area is 206 Å². The second-order valence-corrected chi connectivity index (χ2v) is 12.3. The summed E-state index contributed by atoms with van der Waals surface area (Å²) in [7, 11) is -2.37. The number of nitrogen functional groups attached to an aromatic ring is 1. The van der Waals surface area contributed by atoms with E-state index in [1.165, 1.54) is 17.7 Å². The standard InChI is InChI=1S/C24H34N6O4S/c1-24(2)12-17-16(21-20(24)23(27)29-13-28-21)8-9-18(34-15-6-4-14(25)5-7-15)22(17)30(3)35(32,33)11-10-19(26)31/h8-9,13-15H,4-7,10-12,25H2,1-3H3,(H2,26,31)(H2,27,28,29)/t14-,15-. The predicted octanol–water partition coefficient (Wildman–Crippen LogP) is 1.85. The van der Waals surface area contributed by atoms with Crippen LogP contribution in [-0.4, -0.2) is 49.2 Å². The lowest BCUT2D eigenvalue weighted by atomic mass is 9.71. The van der Waals surface area contributed by atoms with E-state index in [2.05, 4.69) is 9.97 Å². The molecule has 35 heavy (non-hydrogen) atoms. The number of ether oxygens (including phenoxy) is 1. The minimum absolute atomic E-state index is 0.0600. The van der Waals surface area contributed by atoms with Gasteiger partial charge in [-0.15, -0.1) is 0 Å². The van der Waals surface area contributed by atoms with Crippen LogP contribution in [0, 0.1) is 0 Å². The van der Waals surface area contributed by atoms with Crippen LogP contribution in [0.4, 0.5) is 11.5 Å².